The van der Waals surface area contributed by atoms with Gasteiger partial charge in [0.05, 0.1) is 15.6 Å². The van der Waals surface area contributed by atoms with Crippen LogP contribution >= 0.6 is 39.7 Å². The lowest BCUT2D eigenvalue weighted by Gasteiger charge is -2.15. The highest BCUT2D eigenvalue weighted by atomic mass is 79.9. The highest BCUT2D eigenvalue weighted by Crippen LogP contribution is 2.28. The molecule has 1 atom stereocenters. The third-order valence-corrected chi connectivity index (χ3v) is 4.55. The lowest BCUT2D eigenvalue weighted by molar-refractivity contribution is 0.114. The minimum Gasteiger partial charge on any atom is -0.376 e. The minimum absolute atomic E-state index is 0.253. The van der Waals surface area contributed by atoms with E-state index in [0.717, 1.165) is 36.0 Å². The van der Waals surface area contributed by atoms with Gasteiger partial charge in [0, 0.05) is 19.3 Å². The van der Waals surface area contributed by atoms with Crippen molar-refractivity contribution in [1.29, 1.82) is 0 Å². The van der Waals surface area contributed by atoms with Gasteiger partial charge in [-0.1, -0.05) is 11.6 Å². The molecule has 1 saturated heterocycles. The highest BCUT2D eigenvalue weighted by molar-refractivity contribution is 9.10. The molecule has 1 aliphatic rings. The second-order valence-corrected chi connectivity index (χ2v) is 5.97. The van der Waals surface area contributed by atoms with E-state index in [2.05, 4.69) is 31.5 Å². The molecule has 0 bridgehead atoms. The monoisotopic (exact) mass is 363 g/mol. The van der Waals surface area contributed by atoms with E-state index in [0.29, 0.717) is 16.0 Å². The first-order valence-corrected chi connectivity index (χ1v) is 7.63. The van der Waals surface area contributed by atoms with Crippen molar-refractivity contribution >= 4 is 50.7 Å². The molecule has 0 aromatic carbocycles. The standard InChI is InChI=1S/C12H15BrClN3OS/c1-7-9(14)6-15-11(10(7)13)17-12(19)16-5-8-3-2-4-18-8/h6,8H,2-5H2,1H3,(H2,15,16,17,19)/t8-/m1/s1. The molecule has 2 N–H and O–H groups in total. The van der Waals surface area contributed by atoms with Crippen LogP contribution in [0.3, 0.4) is 0 Å². The van der Waals surface area contributed by atoms with Gasteiger partial charge in [-0.25, -0.2) is 4.98 Å². The molecule has 2 rings (SSSR count). The van der Waals surface area contributed by atoms with Crippen molar-refractivity contribution in [3.05, 3.63) is 21.3 Å². The Morgan fingerprint density at radius 3 is 3.16 bits per heavy atom. The van der Waals surface area contributed by atoms with Crippen molar-refractivity contribution in [2.75, 3.05) is 18.5 Å². The van der Waals surface area contributed by atoms with Gasteiger partial charge in [-0.3, -0.25) is 0 Å². The van der Waals surface area contributed by atoms with Crippen molar-refractivity contribution in [3.8, 4) is 0 Å². The summed E-state index contributed by atoms with van der Waals surface area (Å²) < 4.78 is 6.34. The van der Waals surface area contributed by atoms with Crippen molar-refractivity contribution in [2.45, 2.75) is 25.9 Å². The fraction of sp³-hybridized carbons (Fsp3) is 0.500. The van der Waals surface area contributed by atoms with Gasteiger partial charge in [-0.2, -0.15) is 0 Å². The van der Waals surface area contributed by atoms with Crippen molar-refractivity contribution in [2.24, 2.45) is 0 Å². The Hall–Kier alpha value is -0.430. The van der Waals surface area contributed by atoms with Crippen LogP contribution in [0.1, 0.15) is 18.4 Å². The first kappa shape index (κ1) is 15.0. The first-order valence-electron chi connectivity index (χ1n) is 6.05. The van der Waals surface area contributed by atoms with Crippen molar-refractivity contribution < 1.29 is 4.74 Å². The summed E-state index contributed by atoms with van der Waals surface area (Å²) in [6.07, 6.45) is 4.06. The Morgan fingerprint density at radius 2 is 2.47 bits per heavy atom. The van der Waals surface area contributed by atoms with Crippen LogP contribution in [0.15, 0.2) is 10.7 Å². The molecule has 0 unspecified atom stereocenters. The third-order valence-electron chi connectivity index (χ3n) is 2.95. The Kier molecular flexibility index (Phi) is 5.38. The predicted molar refractivity (Wildman–Crippen MR) is 84.9 cm³/mol. The molecule has 1 aromatic heterocycles. The maximum absolute atomic E-state index is 5.98. The maximum atomic E-state index is 5.98. The smallest absolute Gasteiger partial charge is 0.172 e. The Bertz CT molecular complexity index is 480. The van der Waals surface area contributed by atoms with Crippen LogP contribution in [0, 0.1) is 6.92 Å². The molecule has 19 heavy (non-hydrogen) atoms. The summed E-state index contributed by atoms with van der Waals surface area (Å²) in [7, 11) is 0. The molecule has 0 saturated carbocycles. The molecule has 7 heteroatoms. The number of thiocarbonyl (C=S) groups is 1. The SMILES string of the molecule is Cc1c(Cl)cnc(NC(=S)NC[C@H]2CCCO2)c1Br. The molecular weight excluding hydrogens is 350 g/mol. The number of hydrogen-bond acceptors (Lipinski definition) is 3. The number of pyridine rings is 1. The van der Waals surface area contributed by atoms with E-state index < -0.39 is 0 Å². The quantitative estimate of drug-likeness (QED) is 0.806. The van der Waals surface area contributed by atoms with Crippen LogP contribution in [-0.4, -0.2) is 29.4 Å². The van der Waals surface area contributed by atoms with E-state index >= 15 is 0 Å². The fourth-order valence-corrected chi connectivity index (χ4v) is 2.66. The molecule has 0 amide bonds. The maximum Gasteiger partial charge on any atom is 0.172 e. The van der Waals surface area contributed by atoms with Crippen LogP contribution < -0.4 is 10.6 Å². The molecule has 2 heterocycles. The van der Waals surface area contributed by atoms with E-state index in [1.54, 1.807) is 6.20 Å². The summed E-state index contributed by atoms with van der Waals surface area (Å²) in [5.41, 5.74) is 0.932. The van der Waals surface area contributed by atoms with E-state index in [-0.39, 0.29) is 6.10 Å². The number of hydrogen-bond donors (Lipinski definition) is 2. The molecule has 0 aliphatic carbocycles. The fourth-order valence-electron chi connectivity index (χ4n) is 1.81. The molecule has 1 fully saturated rings. The van der Waals surface area contributed by atoms with Gasteiger partial charge in [-0.05, 0) is 53.5 Å². The zero-order chi connectivity index (χ0) is 13.8. The summed E-state index contributed by atoms with van der Waals surface area (Å²) >= 11 is 14.7. The van der Waals surface area contributed by atoms with Gasteiger partial charge in [0.15, 0.2) is 5.11 Å². The van der Waals surface area contributed by atoms with Gasteiger partial charge in [-0.15, -0.1) is 0 Å². The lowest BCUT2D eigenvalue weighted by Crippen LogP contribution is -2.35. The Morgan fingerprint density at radius 1 is 1.68 bits per heavy atom. The van der Waals surface area contributed by atoms with E-state index in [9.17, 15) is 0 Å². The number of ether oxygens (including phenoxy) is 1. The van der Waals surface area contributed by atoms with Crippen molar-refractivity contribution in [1.82, 2.24) is 10.3 Å². The highest BCUT2D eigenvalue weighted by Gasteiger charge is 2.16. The predicted octanol–water partition coefficient (Wildman–Crippen LogP) is 3.27. The molecule has 1 aliphatic heterocycles. The topological polar surface area (TPSA) is 46.2 Å². The molecule has 0 spiro atoms. The zero-order valence-electron chi connectivity index (χ0n) is 10.5. The number of anilines is 1. The second-order valence-electron chi connectivity index (χ2n) is 4.36. The van der Waals surface area contributed by atoms with Gasteiger partial charge in [0.1, 0.15) is 5.82 Å². The third kappa shape index (κ3) is 4.02. The normalized spacial score (nSPS) is 18.4. The number of halogens is 2. The van der Waals surface area contributed by atoms with Crippen LogP contribution in [0.4, 0.5) is 5.82 Å². The molecule has 104 valence electrons. The van der Waals surface area contributed by atoms with Crippen molar-refractivity contribution in [3.63, 3.8) is 0 Å². The lowest BCUT2D eigenvalue weighted by atomic mass is 10.2. The van der Waals surface area contributed by atoms with Crippen LogP contribution in [0.25, 0.3) is 0 Å². The van der Waals surface area contributed by atoms with Crippen LogP contribution in [0.5, 0.6) is 0 Å². The van der Waals surface area contributed by atoms with E-state index in [4.69, 9.17) is 28.6 Å². The Balaban J connectivity index is 1.89. The van der Waals surface area contributed by atoms with Crippen LogP contribution in [-0.2, 0) is 4.74 Å². The average Bonchev–Trinajstić information content (AvgIpc) is 2.90. The second kappa shape index (κ2) is 6.83. The largest absolute Gasteiger partial charge is 0.376 e. The Labute approximate surface area is 131 Å². The van der Waals surface area contributed by atoms with Crippen LogP contribution in [0.2, 0.25) is 5.02 Å². The average molecular weight is 365 g/mol. The molecular formula is C12H15BrClN3OS. The molecule has 1 aromatic rings. The first-order chi connectivity index (χ1) is 9.08. The van der Waals surface area contributed by atoms with Gasteiger partial charge < -0.3 is 15.4 Å². The van der Waals surface area contributed by atoms with E-state index in [1.165, 1.54) is 0 Å². The molecule has 0 radical (unpaired) electrons. The van der Waals surface area contributed by atoms with Gasteiger partial charge in [0.2, 0.25) is 0 Å². The van der Waals surface area contributed by atoms with Gasteiger partial charge in [0.25, 0.3) is 0 Å². The summed E-state index contributed by atoms with van der Waals surface area (Å²) in [5, 5.41) is 7.34. The van der Waals surface area contributed by atoms with Gasteiger partial charge >= 0.3 is 0 Å². The summed E-state index contributed by atoms with van der Waals surface area (Å²) in [5.74, 6) is 0.659. The van der Waals surface area contributed by atoms with E-state index in [1.807, 2.05) is 6.92 Å². The number of nitrogens with one attached hydrogen (secondary N) is 2. The summed E-state index contributed by atoms with van der Waals surface area (Å²) in [6, 6.07) is 0. The molecule has 4 nitrogen and oxygen atoms in total. The number of nitrogens with zero attached hydrogens (tertiary/aromatic N) is 1. The zero-order valence-corrected chi connectivity index (χ0v) is 13.7. The summed E-state index contributed by atoms with van der Waals surface area (Å²) in [6.45, 7) is 3.48. The summed E-state index contributed by atoms with van der Waals surface area (Å²) in [4.78, 5) is 4.21. The number of rotatable bonds is 3. The minimum atomic E-state index is 0.253. The number of aromatic nitrogens is 1.